The smallest absolute Gasteiger partial charge is 0.390 e. The Morgan fingerprint density at radius 3 is 2.46 bits per heavy atom. The van der Waals surface area contributed by atoms with Gasteiger partial charge in [-0.3, -0.25) is 18.9 Å². The fraction of sp³-hybridized carbons (Fsp3) is 0.375. The van der Waals surface area contributed by atoms with Crippen LogP contribution in [-0.4, -0.2) is 53.0 Å². The molecular weight excluding hydrogens is 537 g/mol. The van der Waals surface area contributed by atoms with Crippen molar-refractivity contribution in [3.63, 3.8) is 0 Å². The standard InChI is InChI=1S/C16H19N2O14P3/c19-12-7-14(18-8-11(15(20)17-16(18)21)6-5-10-3-1-2-4-10)30-13(12)9-29-34(25,26)32-35(27,28)31-33(22,23)24/h1-3,8,12-14,19H,4,7,9H2,(H,25,26)(H,27,28)(H,17,20,21)(H2,22,23,24). The van der Waals surface area contributed by atoms with Crippen molar-refractivity contribution in [2.45, 2.75) is 31.3 Å². The minimum absolute atomic E-state index is 0.0628. The van der Waals surface area contributed by atoms with Crippen LogP contribution in [0, 0.1) is 11.8 Å². The Kier molecular flexibility index (Phi) is 8.35. The summed E-state index contributed by atoms with van der Waals surface area (Å²) < 4.78 is 51.9. The summed E-state index contributed by atoms with van der Waals surface area (Å²) in [6.07, 6.45) is 3.05. The molecule has 3 rings (SSSR count). The number of allylic oxidation sites excluding steroid dienone is 4. The maximum atomic E-state index is 12.2. The first-order chi connectivity index (χ1) is 16.1. The van der Waals surface area contributed by atoms with E-state index in [1.807, 2.05) is 6.08 Å². The van der Waals surface area contributed by atoms with Crippen LogP contribution in [-0.2, 0) is 31.6 Å². The SMILES string of the molecule is O=c1[nH]c(=O)n(C2CC(O)C(COP(=O)(O)OP(=O)(O)OP(=O)(O)O)O2)cc1C#CC1=CC=CC1. The van der Waals surface area contributed by atoms with E-state index in [0.29, 0.717) is 6.42 Å². The van der Waals surface area contributed by atoms with Crippen LogP contribution in [0.1, 0.15) is 24.6 Å². The Morgan fingerprint density at radius 1 is 1.11 bits per heavy atom. The van der Waals surface area contributed by atoms with Crippen molar-refractivity contribution in [3.05, 3.63) is 56.4 Å². The van der Waals surface area contributed by atoms with E-state index in [1.54, 1.807) is 12.2 Å². The molecule has 192 valence electrons. The van der Waals surface area contributed by atoms with E-state index in [0.717, 1.165) is 16.3 Å². The Morgan fingerprint density at radius 2 is 1.83 bits per heavy atom. The second-order valence-electron chi connectivity index (χ2n) is 7.10. The molecule has 19 heteroatoms. The third kappa shape index (κ3) is 8.03. The second-order valence-corrected chi connectivity index (χ2v) is 11.5. The van der Waals surface area contributed by atoms with Gasteiger partial charge in [-0.2, -0.15) is 8.62 Å². The second kappa shape index (κ2) is 10.6. The van der Waals surface area contributed by atoms with E-state index < -0.39 is 59.8 Å². The van der Waals surface area contributed by atoms with Gasteiger partial charge in [0.2, 0.25) is 0 Å². The molecule has 1 saturated heterocycles. The molecule has 5 unspecified atom stereocenters. The van der Waals surface area contributed by atoms with Gasteiger partial charge in [0.1, 0.15) is 17.9 Å². The van der Waals surface area contributed by atoms with Crippen molar-refractivity contribution in [1.29, 1.82) is 0 Å². The van der Waals surface area contributed by atoms with Crippen LogP contribution in [0.3, 0.4) is 0 Å². The third-order valence-corrected chi connectivity index (χ3v) is 8.23. The lowest BCUT2D eigenvalue weighted by Gasteiger charge is -2.19. The highest BCUT2D eigenvalue weighted by Crippen LogP contribution is 2.66. The van der Waals surface area contributed by atoms with Crippen molar-refractivity contribution in [3.8, 4) is 11.8 Å². The number of H-pyrrole nitrogens is 1. The lowest BCUT2D eigenvalue weighted by Crippen LogP contribution is -2.33. The topological polar surface area (TPSA) is 244 Å². The van der Waals surface area contributed by atoms with Crippen LogP contribution in [0.5, 0.6) is 0 Å². The molecule has 0 saturated carbocycles. The van der Waals surface area contributed by atoms with Gasteiger partial charge in [-0.15, -0.1) is 0 Å². The molecule has 0 bridgehead atoms. The van der Waals surface area contributed by atoms with Gasteiger partial charge < -0.3 is 29.4 Å². The van der Waals surface area contributed by atoms with E-state index in [-0.39, 0.29) is 12.0 Å². The maximum Gasteiger partial charge on any atom is 0.490 e. The third-order valence-electron chi connectivity index (χ3n) is 4.43. The lowest BCUT2D eigenvalue weighted by molar-refractivity contribution is -0.0450. The molecule has 0 radical (unpaired) electrons. The number of hydrogen-bond acceptors (Lipinski definition) is 10. The molecule has 0 amide bonds. The summed E-state index contributed by atoms with van der Waals surface area (Å²) in [6.45, 7) is -0.909. The molecule has 6 N–H and O–H groups in total. The van der Waals surface area contributed by atoms with Crippen LogP contribution < -0.4 is 11.2 Å². The zero-order valence-electron chi connectivity index (χ0n) is 17.4. The number of hydrogen-bond donors (Lipinski definition) is 6. The first kappa shape index (κ1) is 27.6. The van der Waals surface area contributed by atoms with Crippen LogP contribution >= 0.6 is 23.5 Å². The average Bonchev–Trinajstić information content (AvgIpc) is 3.32. The molecular formula is C16H19N2O14P3. The van der Waals surface area contributed by atoms with Crippen LogP contribution in [0.4, 0.5) is 0 Å². The quantitative estimate of drug-likeness (QED) is 0.179. The molecule has 5 atom stereocenters. The molecule has 35 heavy (non-hydrogen) atoms. The molecule has 1 aliphatic carbocycles. The van der Waals surface area contributed by atoms with Crippen molar-refractivity contribution >= 4 is 23.5 Å². The van der Waals surface area contributed by atoms with E-state index in [1.165, 1.54) is 0 Å². The zero-order chi connectivity index (χ0) is 26.0. The minimum Gasteiger partial charge on any atom is -0.390 e. The van der Waals surface area contributed by atoms with Crippen molar-refractivity contribution in [2.75, 3.05) is 6.61 Å². The molecule has 1 aromatic rings. The summed E-state index contributed by atoms with van der Waals surface area (Å²) in [4.78, 5) is 62.1. The summed E-state index contributed by atoms with van der Waals surface area (Å²) in [5.41, 5.74) is -0.936. The van der Waals surface area contributed by atoms with Crippen molar-refractivity contribution < 1.29 is 56.3 Å². The number of rotatable bonds is 8. The molecule has 16 nitrogen and oxygen atoms in total. The molecule has 0 spiro atoms. The Balaban J connectivity index is 1.68. The summed E-state index contributed by atoms with van der Waals surface area (Å²) in [5.74, 6) is 5.43. The minimum atomic E-state index is -5.71. The first-order valence-corrected chi connectivity index (χ1v) is 14.0. The Labute approximate surface area is 195 Å². The molecule has 2 heterocycles. The number of aromatic amines is 1. The van der Waals surface area contributed by atoms with Crippen LogP contribution in [0.2, 0.25) is 0 Å². The highest BCUT2D eigenvalue weighted by molar-refractivity contribution is 7.66. The number of aliphatic hydroxyl groups excluding tert-OH is 1. The predicted octanol–water partition coefficient (Wildman–Crippen LogP) is -0.234. The van der Waals surface area contributed by atoms with Crippen LogP contribution in [0.25, 0.3) is 0 Å². The summed E-state index contributed by atoms with van der Waals surface area (Å²) in [7, 11) is -16.7. The monoisotopic (exact) mass is 556 g/mol. The van der Waals surface area contributed by atoms with Gasteiger partial charge in [0.25, 0.3) is 5.56 Å². The number of phosphoric acid groups is 3. The van der Waals surface area contributed by atoms with E-state index in [2.05, 4.69) is 30.0 Å². The van der Waals surface area contributed by atoms with Gasteiger partial charge in [0.15, 0.2) is 0 Å². The maximum absolute atomic E-state index is 12.2. The number of nitrogens with zero attached hydrogens (tertiary/aromatic N) is 1. The predicted molar refractivity (Wildman–Crippen MR) is 114 cm³/mol. The number of aromatic nitrogens is 2. The lowest BCUT2D eigenvalue weighted by atomic mass is 10.2. The summed E-state index contributed by atoms with van der Waals surface area (Å²) in [6, 6.07) is 0. The highest BCUT2D eigenvalue weighted by atomic mass is 31.3. The summed E-state index contributed by atoms with van der Waals surface area (Å²) >= 11 is 0. The molecule has 1 aromatic heterocycles. The number of aliphatic hydroxyl groups is 1. The normalized spacial score (nSPS) is 25.4. The molecule has 1 fully saturated rings. The van der Waals surface area contributed by atoms with E-state index >= 15 is 0 Å². The van der Waals surface area contributed by atoms with Gasteiger partial charge in [-0.25, -0.2) is 18.5 Å². The zero-order valence-corrected chi connectivity index (χ0v) is 20.0. The van der Waals surface area contributed by atoms with Gasteiger partial charge in [-0.1, -0.05) is 30.1 Å². The largest absolute Gasteiger partial charge is 0.490 e. The number of ether oxygens (including phenoxy) is 1. The van der Waals surface area contributed by atoms with Crippen molar-refractivity contribution in [2.24, 2.45) is 0 Å². The fourth-order valence-electron chi connectivity index (χ4n) is 2.98. The first-order valence-electron chi connectivity index (χ1n) is 9.49. The Bertz CT molecular complexity index is 1360. The van der Waals surface area contributed by atoms with E-state index in [9.17, 15) is 33.3 Å². The van der Waals surface area contributed by atoms with Gasteiger partial charge in [0, 0.05) is 18.2 Å². The van der Waals surface area contributed by atoms with Gasteiger partial charge in [0.05, 0.1) is 12.7 Å². The van der Waals surface area contributed by atoms with Crippen molar-refractivity contribution in [1.82, 2.24) is 9.55 Å². The fourth-order valence-corrected chi connectivity index (χ4v) is 6.01. The van der Waals surface area contributed by atoms with Gasteiger partial charge in [-0.05, 0) is 6.42 Å². The summed E-state index contributed by atoms with van der Waals surface area (Å²) in [5, 5.41) is 10.2. The average molecular weight is 556 g/mol. The number of phosphoric ester groups is 1. The van der Waals surface area contributed by atoms with E-state index in [4.69, 9.17) is 19.4 Å². The van der Waals surface area contributed by atoms with Gasteiger partial charge >= 0.3 is 29.2 Å². The number of nitrogens with one attached hydrogen (secondary N) is 1. The molecule has 1 aliphatic heterocycles. The molecule has 0 aromatic carbocycles. The van der Waals surface area contributed by atoms with Crippen LogP contribution in [0.15, 0.2) is 39.6 Å². The Hall–Kier alpha value is -1.95. The highest BCUT2D eigenvalue weighted by Gasteiger charge is 2.43. The molecule has 2 aliphatic rings.